The summed E-state index contributed by atoms with van der Waals surface area (Å²) in [6, 6.07) is 5.71. The van der Waals surface area contributed by atoms with Gasteiger partial charge in [0, 0.05) is 12.6 Å². The topological polar surface area (TPSA) is 64.1 Å². The number of benzene rings is 1. The van der Waals surface area contributed by atoms with Crippen LogP contribution in [0.1, 0.15) is 5.89 Å². The monoisotopic (exact) mass is 177 g/mol. The van der Waals surface area contributed by atoms with E-state index < -0.39 is 0 Å². The Morgan fingerprint density at radius 2 is 2.38 bits per heavy atom. The van der Waals surface area contributed by atoms with Crippen molar-refractivity contribution in [1.29, 1.82) is 0 Å². The summed E-state index contributed by atoms with van der Waals surface area (Å²) < 4.78 is 5.33. The Morgan fingerprint density at radius 3 is 3.15 bits per heavy atom. The highest BCUT2D eigenvalue weighted by atomic mass is 16.3. The third-order valence-corrected chi connectivity index (χ3v) is 1.80. The number of nitrogens with one attached hydrogen (secondary N) is 1. The van der Waals surface area contributed by atoms with Gasteiger partial charge in [-0.3, -0.25) is 0 Å². The fourth-order valence-electron chi connectivity index (χ4n) is 1.27. The van der Waals surface area contributed by atoms with Crippen molar-refractivity contribution in [2.45, 2.75) is 6.92 Å². The first-order valence-electron chi connectivity index (χ1n) is 4.11. The van der Waals surface area contributed by atoms with Crippen molar-refractivity contribution in [2.75, 3.05) is 12.0 Å². The van der Waals surface area contributed by atoms with Gasteiger partial charge < -0.3 is 15.5 Å². The van der Waals surface area contributed by atoms with E-state index >= 15 is 0 Å². The van der Waals surface area contributed by atoms with Gasteiger partial charge in [0.2, 0.25) is 0 Å². The van der Waals surface area contributed by atoms with Crippen LogP contribution < -0.4 is 11.1 Å². The first kappa shape index (κ1) is 8.07. The van der Waals surface area contributed by atoms with Crippen LogP contribution in [-0.4, -0.2) is 11.7 Å². The molecule has 2 aromatic rings. The summed E-state index contributed by atoms with van der Waals surface area (Å²) in [7, 11) is 0. The molecule has 4 nitrogen and oxygen atoms in total. The Morgan fingerprint density at radius 1 is 1.54 bits per heavy atom. The second kappa shape index (κ2) is 3.06. The molecule has 0 aliphatic carbocycles. The average Bonchev–Trinajstić information content (AvgIpc) is 2.44. The quantitative estimate of drug-likeness (QED) is 0.682. The fourth-order valence-corrected chi connectivity index (χ4v) is 1.27. The Kier molecular flexibility index (Phi) is 1.90. The molecule has 0 atom stereocenters. The lowest BCUT2D eigenvalue weighted by molar-refractivity contribution is 0.561. The summed E-state index contributed by atoms with van der Waals surface area (Å²) >= 11 is 0. The maximum atomic E-state index is 5.35. The Labute approximate surface area is 75.7 Å². The number of oxazole rings is 1. The van der Waals surface area contributed by atoms with E-state index in [4.69, 9.17) is 10.2 Å². The zero-order chi connectivity index (χ0) is 9.26. The summed E-state index contributed by atoms with van der Waals surface area (Å²) in [5.41, 5.74) is 7.98. The number of fused-ring (bicyclic) bond motifs is 1. The summed E-state index contributed by atoms with van der Waals surface area (Å²) in [5, 5.41) is 3.01. The van der Waals surface area contributed by atoms with Crippen LogP contribution in [-0.2, 0) is 0 Å². The zero-order valence-electron chi connectivity index (χ0n) is 7.37. The lowest BCUT2D eigenvalue weighted by Crippen LogP contribution is -2.10. The zero-order valence-corrected chi connectivity index (χ0v) is 7.37. The summed E-state index contributed by atoms with van der Waals surface area (Å²) in [5.74, 6) is 0.680. The number of hydrogen-bond donors (Lipinski definition) is 2. The van der Waals surface area contributed by atoms with Crippen LogP contribution in [0.25, 0.3) is 11.1 Å². The SMILES string of the molecule is Cc1nc2cc(NCN)ccc2o1. The molecule has 1 heterocycles. The van der Waals surface area contributed by atoms with Crippen LogP contribution >= 0.6 is 0 Å². The van der Waals surface area contributed by atoms with Gasteiger partial charge >= 0.3 is 0 Å². The molecule has 1 aromatic heterocycles. The van der Waals surface area contributed by atoms with Crippen molar-refractivity contribution < 1.29 is 4.42 Å². The maximum absolute atomic E-state index is 5.35. The van der Waals surface area contributed by atoms with E-state index in [-0.39, 0.29) is 0 Å². The van der Waals surface area contributed by atoms with Crippen LogP contribution in [0.3, 0.4) is 0 Å². The molecule has 4 heteroatoms. The van der Waals surface area contributed by atoms with Gasteiger partial charge in [-0.15, -0.1) is 0 Å². The predicted octanol–water partition coefficient (Wildman–Crippen LogP) is 1.46. The van der Waals surface area contributed by atoms with E-state index in [0.29, 0.717) is 12.6 Å². The second-order valence-electron chi connectivity index (χ2n) is 2.80. The van der Waals surface area contributed by atoms with Gasteiger partial charge in [-0.2, -0.15) is 0 Å². The lowest BCUT2D eigenvalue weighted by atomic mass is 10.3. The molecule has 3 N–H and O–H groups in total. The Balaban J connectivity index is 2.48. The molecule has 0 saturated carbocycles. The first-order chi connectivity index (χ1) is 6.29. The fraction of sp³-hybridized carbons (Fsp3) is 0.222. The van der Waals surface area contributed by atoms with Crippen LogP contribution in [0.5, 0.6) is 0 Å². The molecule has 13 heavy (non-hydrogen) atoms. The molecule has 68 valence electrons. The molecule has 0 amide bonds. The summed E-state index contributed by atoms with van der Waals surface area (Å²) in [6.45, 7) is 2.25. The second-order valence-corrected chi connectivity index (χ2v) is 2.80. The van der Waals surface area contributed by atoms with Crippen molar-refractivity contribution >= 4 is 16.8 Å². The number of aromatic nitrogens is 1. The van der Waals surface area contributed by atoms with Crippen molar-refractivity contribution in [3.05, 3.63) is 24.1 Å². The van der Waals surface area contributed by atoms with Crippen molar-refractivity contribution in [2.24, 2.45) is 5.73 Å². The van der Waals surface area contributed by atoms with E-state index in [0.717, 1.165) is 16.8 Å². The first-order valence-corrected chi connectivity index (χ1v) is 4.11. The number of nitrogens with zero attached hydrogens (tertiary/aromatic N) is 1. The smallest absolute Gasteiger partial charge is 0.192 e. The third-order valence-electron chi connectivity index (χ3n) is 1.80. The predicted molar refractivity (Wildman–Crippen MR) is 51.4 cm³/mol. The van der Waals surface area contributed by atoms with Gasteiger partial charge in [0.1, 0.15) is 5.52 Å². The number of nitrogens with two attached hydrogens (primary N) is 1. The average molecular weight is 177 g/mol. The number of hydrogen-bond acceptors (Lipinski definition) is 4. The highest BCUT2D eigenvalue weighted by molar-refractivity contribution is 5.77. The normalized spacial score (nSPS) is 10.6. The van der Waals surface area contributed by atoms with Crippen LogP contribution in [0.2, 0.25) is 0 Å². The minimum atomic E-state index is 0.419. The highest BCUT2D eigenvalue weighted by Gasteiger charge is 2.01. The minimum Gasteiger partial charge on any atom is -0.441 e. The molecular formula is C9H11N3O. The summed E-state index contributed by atoms with van der Waals surface area (Å²) in [6.07, 6.45) is 0. The van der Waals surface area contributed by atoms with E-state index in [1.54, 1.807) is 0 Å². The molecule has 0 unspecified atom stereocenters. The van der Waals surface area contributed by atoms with Crippen molar-refractivity contribution in [1.82, 2.24) is 4.98 Å². The van der Waals surface area contributed by atoms with Crippen LogP contribution in [0.4, 0.5) is 5.69 Å². The third kappa shape index (κ3) is 1.48. The maximum Gasteiger partial charge on any atom is 0.192 e. The van der Waals surface area contributed by atoms with Crippen molar-refractivity contribution in [3.63, 3.8) is 0 Å². The molecule has 0 bridgehead atoms. The highest BCUT2D eigenvalue weighted by Crippen LogP contribution is 2.19. The van der Waals surface area contributed by atoms with Crippen LogP contribution in [0.15, 0.2) is 22.6 Å². The number of anilines is 1. The lowest BCUT2D eigenvalue weighted by Gasteiger charge is -2.00. The van der Waals surface area contributed by atoms with Gasteiger partial charge in [0.05, 0.1) is 6.67 Å². The molecule has 0 saturated heterocycles. The molecular weight excluding hydrogens is 166 g/mol. The molecule has 1 aromatic carbocycles. The Hall–Kier alpha value is -1.55. The summed E-state index contributed by atoms with van der Waals surface area (Å²) in [4.78, 5) is 4.21. The molecule has 0 aliphatic rings. The molecule has 0 aliphatic heterocycles. The molecule has 2 rings (SSSR count). The van der Waals surface area contributed by atoms with Gasteiger partial charge in [0.15, 0.2) is 11.5 Å². The van der Waals surface area contributed by atoms with E-state index in [9.17, 15) is 0 Å². The number of aryl methyl sites for hydroxylation is 1. The van der Waals surface area contributed by atoms with Gasteiger partial charge in [-0.1, -0.05) is 0 Å². The van der Waals surface area contributed by atoms with Gasteiger partial charge in [-0.25, -0.2) is 4.98 Å². The number of rotatable bonds is 2. The van der Waals surface area contributed by atoms with Gasteiger partial charge in [-0.05, 0) is 18.2 Å². The molecule has 0 radical (unpaired) electrons. The van der Waals surface area contributed by atoms with E-state index in [2.05, 4.69) is 10.3 Å². The van der Waals surface area contributed by atoms with Crippen molar-refractivity contribution in [3.8, 4) is 0 Å². The van der Waals surface area contributed by atoms with Crippen LogP contribution in [0, 0.1) is 6.92 Å². The molecule has 0 spiro atoms. The molecule has 0 fully saturated rings. The Bertz CT molecular complexity index is 422. The van der Waals surface area contributed by atoms with Gasteiger partial charge in [0.25, 0.3) is 0 Å². The largest absolute Gasteiger partial charge is 0.441 e. The van der Waals surface area contributed by atoms with E-state index in [1.807, 2.05) is 25.1 Å². The van der Waals surface area contributed by atoms with E-state index in [1.165, 1.54) is 0 Å². The minimum absolute atomic E-state index is 0.419. The standard InChI is InChI=1S/C9H11N3O/c1-6-12-8-4-7(11-5-10)2-3-9(8)13-6/h2-4,11H,5,10H2,1H3.